The fourth-order valence-electron chi connectivity index (χ4n) is 1.95. The lowest BCUT2D eigenvalue weighted by Crippen LogP contribution is -2.19. The van der Waals surface area contributed by atoms with E-state index >= 15 is 0 Å². The van der Waals surface area contributed by atoms with Crippen molar-refractivity contribution in [2.45, 2.75) is 6.92 Å². The summed E-state index contributed by atoms with van der Waals surface area (Å²) in [7, 11) is 0. The first kappa shape index (κ1) is 12.3. The van der Waals surface area contributed by atoms with Crippen LogP contribution in [0.1, 0.15) is 17.3 Å². The molecule has 0 fully saturated rings. The van der Waals surface area contributed by atoms with E-state index in [0.717, 1.165) is 0 Å². The second-order valence-corrected chi connectivity index (χ2v) is 4.16. The molecule has 100 valence electrons. The second-order valence-electron chi connectivity index (χ2n) is 4.16. The fraction of sp³-hybridized carbons (Fsp3) is 0.143. The molecule has 0 spiro atoms. The van der Waals surface area contributed by atoms with Crippen LogP contribution in [-0.2, 0) is 4.74 Å². The Bertz CT molecular complexity index is 870. The van der Waals surface area contributed by atoms with Crippen LogP contribution in [0.25, 0.3) is 22.2 Å². The van der Waals surface area contributed by atoms with Crippen molar-refractivity contribution in [1.82, 2.24) is 15.0 Å². The molecule has 6 heteroatoms. The van der Waals surface area contributed by atoms with Gasteiger partial charge >= 0.3 is 5.97 Å². The van der Waals surface area contributed by atoms with Gasteiger partial charge in [0, 0.05) is 6.20 Å². The van der Waals surface area contributed by atoms with Crippen LogP contribution in [0.3, 0.4) is 0 Å². The molecule has 3 rings (SSSR count). The van der Waals surface area contributed by atoms with Gasteiger partial charge in [0.2, 0.25) is 5.43 Å². The number of esters is 1. The van der Waals surface area contributed by atoms with Crippen molar-refractivity contribution in [2.24, 2.45) is 0 Å². The summed E-state index contributed by atoms with van der Waals surface area (Å²) in [6, 6.07) is 7.22. The predicted molar refractivity (Wildman–Crippen MR) is 73.6 cm³/mol. The standard InChI is InChI=1S/C14H11N3O3/c1-2-20-14(19)8-7-15-13-11(12(8)18)16-9-5-3-4-6-10(9)17-13/h3-7H,2H2,1H3,(H,15,17,18). The number of hydrogen-bond donors (Lipinski definition) is 1. The summed E-state index contributed by atoms with van der Waals surface area (Å²) in [5.74, 6) is -0.661. The van der Waals surface area contributed by atoms with Gasteiger partial charge in [0.1, 0.15) is 5.56 Å². The van der Waals surface area contributed by atoms with Crippen LogP contribution in [0.5, 0.6) is 0 Å². The molecule has 2 aromatic heterocycles. The number of pyridine rings is 1. The minimum absolute atomic E-state index is 0.0658. The Morgan fingerprint density at radius 2 is 1.95 bits per heavy atom. The van der Waals surface area contributed by atoms with Crippen molar-refractivity contribution in [2.75, 3.05) is 6.61 Å². The van der Waals surface area contributed by atoms with Crippen LogP contribution in [0, 0.1) is 0 Å². The highest BCUT2D eigenvalue weighted by atomic mass is 16.5. The molecule has 0 aliphatic heterocycles. The Labute approximate surface area is 113 Å². The molecule has 0 saturated carbocycles. The normalized spacial score (nSPS) is 10.8. The average molecular weight is 269 g/mol. The smallest absolute Gasteiger partial charge is 0.343 e. The third-order valence-electron chi connectivity index (χ3n) is 2.88. The zero-order valence-electron chi connectivity index (χ0n) is 10.7. The van der Waals surface area contributed by atoms with E-state index < -0.39 is 11.4 Å². The van der Waals surface area contributed by atoms with Crippen molar-refractivity contribution in [3.05, 3.63) is 46.2 Å². The Morgan fingerprint density at radius 1 is 1.25 bits per heavy atom. The molecule has 6 nitrogen and oxygen atoms in total. The van der Waals surface area contributed by atoms with Gasteiger partial charge in [-0.15, -0.1) is 0 Å². The van der Waals surface area contributed by atoms with Crippen molar-refractivity contribution < 1.29 is 9.53 Å². The summed E-state index contributed by atoms with van der Waals surface area (Å²) in [5, 5.41) is 0. The number of benzene rings is 1. The minimum atomic E-state index is -0.661. The average Bonchev–Trinajstić information content (AvgIpc) is 2.46. The SMILES string of the molecule is CCOC(=O)c1c[nH]c2nc3ccccc3nc2c1=O. The molecule has 0 unspecified atom stereocenters. The number of carbonyl (C=O) groups is 1. The van der Waals surface area contributed by atoms with Gasteiger partial charge in [0.15, 0.2) is 11.2 Å². The molecule has 0 saturated heterocycles. The summed E-state index contributed by atoms with van der Waals surface area (Å²) in [6.45, 7) is 1.89. The first-order valence-corrected chi connectivity index (χ1v) is 6.16. The fourth-order valence-corrected chi connectivity index (χ4v) is 1.95. The summed E-state index contributed by atoms with van der Waals surface area (Å²) >= 11 is 0. The Balaban J connectivity index is 2.29. The van der Waals surface area contributed by atoms with E-state index in [9.17, 15) is 9.59 Å². The van der Waals surface area contributed by atoms with Gasteiger partial charge in [0.25, 0.3) is 0 Å². The van der Waals surface area contributed by atoms with E-state index in [-0.39, 0.29) is 17.7 Å². The lowest BCUT2D eigenvalue weighted by atomic mass is 10.2. The monoisotopic (exact) mass is 269 g/mol. The molecule has 1 N–H and O–H groups in total. The zero-order chi connectivity index (χ0) is 14.1. The lowest BCUT2D eigenvalue weighted by molar-refractivity contribution is 0.0524. The molecule has 0 bridgehead atoms. The van der Waals surface area contributed by atoms with Crippen LogP contribution < -0.4 is 5.43 Å². The molecule has 20 heavy (non-hydrogen) atoms. The predicted octanol–water partition coefficient (Wildman–Crippen LogP) is 1.65. The van der Waals surface area contributed by atoms with Gasteiger partial charge in [-0.3, -0.25) is 4.79 Å². The van der Waals surface area contributed by atoms with Gasteiger partial charge < -0.3 is 9.72 Å². The highest BCUT2D eigenvalue weighted by Crippen LogP contribution is 2.12. The van der Waals surface area contributed by atoms with Gasteiger partial charge in [-0.05, 0) is 19.1 Å². The van der Waals surface area contributed by atoms with Gasteiger partial charge in [-0.2, -0.15) is 0 Å². The van der Waals surface area contributed by atoms with E-state index in [4.69, 9.17) is 4.74 Å². The number of aromatic nitrogens is 3. The van der Waals surface area contributed by atoms with Crippen molar-refractivity contribution in [1.29, 1.82) is 0 Å². The molecule has 0 amide bonds. The summed E-state index contributed by atoms with van der Waals surface area (Å²) in [6.07, 6.45) is 1.31. The Kier molecular flexibility index (Phi) is 2.90. The van der Waals surface area contributed by atoms with E-state index in [1.165, 1.54) is 6.20 Å². The maximum atomic E-state index is 12.3. The summed E-state index contributed by atoms with van der Waals surface area (Å²) in [4.78, 5) is 35.3. The summed E-state index contributed by atoms with van der Waals surface area (Å²) < 4.78 is 4.84. The van der Waals surface area contributed by atoms with E-state index in [2.05, 4.69) is 15.0 Å². The number of fused-ring (bicyclic) bond motifs is 2. The lowest BCUT2D eigenvalue weighted by Gasteiger charge is -2.03. The largest absolute Gasteiger partial charge is 0.462 e. The van der Waals surface area contributed by atoms with Crippen LogP contribution in [0.2, 0.25) is 0 Å². The van der Waals surface area contributed by atoms with Crippen LogP contribution in [-0.4, -0.2) is 27.5 Å². The molecule has 0 atom stereocenters. The van der Waals surface area contributed by atoms with Gasteiger partial charge in [-0.25, -0.2) is 14.8 Å². The number of ether oxygens (including phenoxy) is 1. The van der Waals surface area contributed by atoms with Crippen molar-refractivity contribution in [3.8, 4) is 0 Å². The van der Waals surface area contributed by atoms with E-state index in [1.807, 2.05) is 12.1 Å². The Morgan fingerprint density at radius 3 is 2.65 bits per heavy atom. The van der Waals surface area contributed by atoms with Crippen molar-refractivity contribution >= 4 is 28.2 Å². The number of nitrogens with one attached hydrogen (secondary N) is 1. The summed E-state index contributed by atoms with van der Waals surface area (Å²) in [5.41, 5.74) is 1.22. The highest BCUT2D eigenvalue weighted by Gasteiger charge is 2.15. The quantitative estimate of drug-likeness (QED) is 0.564. The molecular formula is C14H11N3O3. The zero-order valence-corrected chi connectivity index (χ0v) is 10.7. The number of carbonyl (C=O) groups excluding carboxylic acids is 1. The van der Waals surface area contributed by atoms with Gasteiger partial charge in [0.05, 0.1) is 17.6 Å². The van der Waals surface area contributed by atoms with E-state index in [1.54, 1.807) is 19.1 Å². The van der Waals surface area contributed by atoms with E-state index in [0.29, 0.717) is 16.7 Å². The molecule has 1 aromatic carbocycles. The first-order chi connectivity index (χ1) is 9.70. The third kappa shape index (κ3) is 1.91. The molecule has 3 aromatic rings. The maximum Gasteiger partial charge on any atom is 0.343 e. The molecule has 0 aliphatic rings. The minimum Gasteiger partial charge on any atom is -0.462 e. The van der Waals surface area contributed by atoms with Crippen LogP contribution >= 0.6 is 0 Å². The van der Waals surface area contributed by atoms with Gasteiger partial charge in [-0.1, -0.05) is 12.1 Å². The number of aromatic amines is 1. The topological polar surface area (TPSA) is 84.9 Å². The Hall–Kier alpha value is -2.76. The molecule has 0 radical (unpaired) electrons. The number of nitrogens with zero attached hydrogens (tertiary/aromatic N) is 2. The molecule has 2 heterocycles. The maximum absolute atomic E-state index is 12.3. The van der Waals surface area contributed by atoms with Crippen LogP contribution in [0.15, 0.2) is 35.3 Å². The third-order valence-corrected chi connectivity index (χ3v) is 2.88. The van der Waals surface area contributed by atoms with Crippen molar-refractivity contribution in [3.63, 3.8) is 0 Å². The first-order valence-electron chi connectivity index (χ1n) is 6.16. The van der Waals surface area contributed by atoms with Crippen LogP contribution in [0.4, 0.5) is 0 Å². The second kappa shape index (κ2) is 4.73. The highest BCUT2D eigenvalue weighted by molar-refractivity contribution is 5.93. The number of hydrogen-bond acceptors (Lipinski definition) is 5. The number of H-pyrrole nitrogens is 1. The number of para-hydroxylation sites is 2. The number of rotatable bonds is 2. The molecular weight excluding hydrogens is 258 g/mol. The molecule has 0 aliphatic carbocycles.